The number of nitriles is 1. The van der Waals surface area contributed by atoms with Crippen LogP contribution in [0.15, 0.2) is 53.5 Å². The van der Waals surface area contributed by atoms with Gasteiger partial charge in [-0.2, -0.15) is 5.26 Å². The summed E-state index contributed by atoms with van der Waals surface area (Å²) in [5.74, 6) is 0.0512. The van der Waals surface area contributed by atoms with Gasteiger partial charge in [0.2, 0.25) is 0 Å². The van der Waals surface area contributed by atoms with Crippen molar-refractivity contribution >= 4 is 28.4 Å². The van der Waals surface area contributed by atoms with Gasteiger partial charge < -0.3 is 0 Å². The molecule has 0 atom stereocenters. The van der Waals surface area contributed by atoms with Crippen molar-refractivity contribution in [2.24, 2.45) is 4.99 Å². The minimum atomic E-state index is 0.0512. The number of Topliss-reactive ketones (excluding diaryl/α,β-unsaturated/α-hetero) is 1. The summed E-state index contributed by atoms with van der Waals surface area (Å²) in [6.45, 7) is 1.56. The molecule has 0 bridgehead atoms. The predicted molar refractivity (Wildman–Crippen MR) is 91.2 cm³/mol. The third kappa shape index (κ3) is 3.96. The molecule has 0 heterocycles. The molecular weight excluding hydrogens is 294 g/mol. The summed E-state index contributed by atoms with van der Waals surface area (Å²) in [6.07, 6.45) is 3.71. The average molecular weight is 309 g/mol. The van der Waals surface area contributed by atoms with E-state index in [1.165, 1.54) is 11.8 Å². The number of hydrogen-bond donors (Lipinski definition) is 1. The lowest BCUT2D eigenvalue weighted by Gasteiger charge is -2.05. The maximum absolute atomic E-state index is 11.4. The molecule has 2 aromatic carbocycles. The van der Waals surface area contributed by atoms with E-state index in [-0.39, 0.29) is 5.78 Å². The van der Waals surface area contributed by atoms with E-state index >= 15 is 0 Å². The van der Waals surface area contributed by atoms with E-state index in [0.29, 0.717) is 10.7 Å². The van der Waals surface area contributed by atoms with Crippen LogP contribution >= 0.6 is 11.8 Å². The number of benzene rings is 2. The largest absolute Gasteiger partial charge is 0.295 e. The van der Waals surface area contributed by atoms with Crippen LogP contribution in [0.3, 0.4) is 0 Å². The molecule has 110 valence electrons. The Labute approximate surface area is 133 Å². The van der Waals surface area contributed by atoms with Gasteiger partial charge in [-0.3, -0.25) is 10.1 Å². The Balaban J connectivity index is 2.27. The van der Waals surface area contributed by atoms with Gasteiger partial charge >= 0.3 is 0 Å². The maximum Gasteiger partial charge on any atom is 0.183 e. The van der Waals surface area contributed by atoms with E-state index in [9.17, 15) is 4.79 Å². The van der Waals surface area contributed by atoms with E-state index in [1.54, 1.807) is 6.92 Å². The second-order valence-corrected chi connectivity index (χ2v) is 5.34. The van der Waals surface area contributed by atoms with Crippen LogP contribution in [0.1, 0.15) is 17.3 Å². The number of carbonyl (C=O) groups excluding carboxylic acids is 1. The second kappa shape index (κ2) is 7.43. The smallest absolute Gasteiger partial charge is 0.183 e. The van der Waals surface area contributed by atoms with Crippen molar-refractivity contribution in [1.82, 2.24) is 5.32 Å². The molecule has 5 heteroatoms. The number of ketones is 1. The Bertz CT molecular complexity index is 745. The number of carbonyl (C=O) groups is 1. The number of aliphatic imine (C=N–C) groups is 1. The van der Waals surface area contributed by atoms with Crippen LogP contribution < -0.4 is 5.32 Å². The first-order valence-electron chi connectivity index (χ1n) is 6.63. The lowest BCUT2D eigenvalue weighted by atomic mass is 10.0. The fourth-order valence-corrected chi connectivity index (χ4v) is 2.28. The first kappa shape index (κ1) is 15.8. The Hall–Kier alpha value is -2.58. The molecule has 0 aromatic heterocycles. The number of amidine groups is 1. The molecule has 0 saturated heterocycles. The van der Waals surface area contributed by atoms with Crippen LogP contribution in [0.25, 0.3) is 11.1 Å². The van der Waals surface area contributed by atoms with Crippen molar-refractivity contribution in [3.8, 4) is 17.3 Å². The molecule has 0 radical (unpaired) electrons. The van der Waals surface area contributed by atoms with E-state index < -0.39 is 0 Å². The van der Waals surface area contributed by atoms with Crippen molar-refractivity contribution in [2.45, 2.75) is 6.92 Å². The number of rotatable bonds is 3. The lowest BCUT2D eigenvalue weighted by Crippen LogP contribution is -2.12. The van der Waals surface area contributed by atoms with Gasteiger partial charge in [0.25, 0.3) is 0 Å². The molecule has 0 amide bonds. The molecule has 0 fully saturated rings. The second-order valence-electron chi connectivity index (χ2n) is 4.54. The van der Waals surface area contributed by atoms with Crippen LogP contribution in [0, 0.1) is 11.5 Å². The number of nitrogens with one attached hydrogen (secondary N) is 1. The molecule has 0 aliphatic rings. The van der Waals surface area contributed by atoms with E-state index in [0.717, 1.165) is 16.8 Å². The monoisotopic (exact) mass is 309 g/mol. The van der Waals surface area contributed by atoms with E-state index in [2.05, 4.69) is 10.3 Å². The highest BCUT2D eigenvalue weighted by Gasteiger charge is 2.03. The first-order chi connectivity index (χ1) is 10.6. The third-order valence-electron chi connectivity index (χ3n) is 3.06. The van der Waals surface area contributed by atoms with Crippen LogP contribution in [0.5, 0.6) is 0 Å². The lowest BCUT2D eigenvalue weighted by molar-refractivity contribution is 0.101. The summed E-state index contributed by atoms with van der Waals surface area (Å²) in [7, 11) is 0. The quantitative estimate of drug-likeness (QED) is 0.306. The summed E-state index contributed by atoms with van der Waals surface area (Å²) in [4.78, 5) is 15.8. The van der Waals surface area contributed by atoms with Crippen LogP contribution in [0.4, 0.5) is 5.69 Å². The van der Waals surface area contributed by atoms with Gasteiger partial charge in [-0.25, -0.2) is 4.99 Å². The van der Waals surface area contributed by atoms with Gasteiger partial charge in [0, 0.05) is 5.56 Å². The first-order valence-corrected chi connectivity index (χ1v) is 7.85. The summed E-state index contributed by atoms with van der Waals surface area (Å²) < 4.78 is 0. The molecule has 22 heavy (non-hydrogen) atoms. The zero-order valence-corrected chi connectivity index (χ0v) is 13.1. The number of hydrogen-bond acceptors (Lipinski definition) is 4. The zero-order chi connectivity index (χ0) is 15.9. The number of thioether (sulfide) groups is 1. The standard InChI is InChI=1S/C17H15N3OS/c1-12(21)14-4-3-5-15(10-14)13-6-8-16(9-7-13)20-17(22-2)19-11-18/h3-10H,1-2H3,(H,19,20). The summed E-state index contributed by atoms with van der Waals surface area (Å²) in [5, 5.41) is 11.7. The fourth-order valence-electron chi connectivity index (χ4n) is 1.94. The number of nitrogens with zero attached hydrogens (tertiary/aromatic N) is 2. The molecule has 4 nitrogen and oxygen atoms in total. The molecule has 2 rings (SSSR count). The molecular formula is C17H15N3OS. The Morgan fingerprint density at radius 3 is 2.50 bits per heavy atom. The Morgan fingerprint density at radius 2 is 1.91 bits per heavy atom. The van der Waals surface area contributed by atoms with Crippen molar-refractivity contribution in [3.63, 3.8) is 0 Å². The van der Waals surface area contributed by atoms with Gasteiger partial charge in [-0.05, 0) is 42.5 Å². The van der Waals surface area contributed by atoms with Crippen LogP contribution in [-0.2, 0) is 0 Å². The van der Waals surface area contributed by atoms with Gasteiger partial charge in [0.1, 0.15) is 0 Å². The highest BCUT2D eigenvalue weighted by Crippen LogP contribution is 2.24. The molecule has 2 aromatic rings. The normalized spacial score (nSPS) is 10.9. The molecule has 0 spiro atoms. The molecule has 0 unspecified atom stereocenters. The Morgan fingerprint density at radius 1 is 1.18 bits per heavy atom. The fraction of sp³-hybridized carbons (Fsp3) is 0.118. The van der Waals surface area contributed by atoms with E-state index in [4.69, 9.17) is 5.26 Å². The van der Waals surface area contributed by atoms with Gasteiger partial charge in [0.05, 0.1) is 5.69 Å². The summed E-state index contributed by atoms with van der Waals surface area (Å²) in [5.41, 5.74) is 3.46. The third-order valence-corrected chi connectivity index (χ3v) is 3.64. The molecule has 0 aliphatic heterocycles. The Kier molecular flexibility index (Phi) is 5.34. The highest BCUT2D eigenvalue weighted by molar-refractivity contribution is 8.13. The van der Waals surface area contributed by atoms with Crippen molar-refractivity contribution < 1.29 is 4.79 Å². The summed E-state index contributed by atoms with van der Waals surface area (Å²) in [6, 6.07) is 15.2. The zero-order valence-electron chi connectivity index (χ0n) is 12.3. The van der Waals surface area contributed by atoms with Crippen molar-refractivity contribution in [3.05, 3.63) is 54.1 Å². The average Bonchev–Trinajstić information content (AvgIpc) is 2.55. The van der Waals surface area contributed by atoms with Crippen molar-refractivity contribution in [1.29, 1.82) is 5.26 Å². The van der Waals surface area contributed by atoms with Gasteiger partial charge in [-0.1, -0.05) is 42.1 Å². The molecule has 0 saturated carbocycles. The topological polar surface area (TPSA) is 65.2 Å². The minimum absolute atomic E-state index is 0.0512. The van der Waals surface area contributed by atoms with Crippen molar-refractivity contribution in [2.75, 3.05) is 6.26 Å². The minimum Gasteiger partial charge on any atom is -0.295 e. The van der Waals surface area contributed by atoms with E-state index in [1.807, 2.05) is 61.0 Å². The predicted octanol–water partition coefficient (Wildman–Crippen LogP) is 3.98. The van der Waals surface area contributed by atoms with Crippen LogP contribution in [-0.4, -0.2) is 17.2 Å². The van der Waals surface area contributed by atoms with Gasteiger partial charge in [0.15, 0.2) is 17.1 Å². The maximum atomic E-state index is 11.4. The van der Waals surface area contributed by atoms with Crippen LogP contribution in [0.2, 0.25) is 0 Å². The van der Waals surface area contributed by atoms with Gasteiger partial charge in [-0.15, -0.1) is 0 Å². The SMILES string of the molecule is CSC(=Nc1ccc(-c2cccc(C(C)=O)c2)cc1)NC#N. The summed E-state index contributed by atoms with van der Waals surface area (Å²) >= 11 is 1.37. The molecule has 0 aliphatic carbocycles. The molecule has 1 N–H and O–H groups in total. The highest BCUT2D eigenvalue weighted by atomic mass is 32.2.